The Morgan fingerprint density at radius 2 is 1.97 bits per heavy atom. The number of aromatic nitrogens is 4. The molecule has 1 aromatic carbocycles. The average molecular weight is 515 g/mol. The molecule has 1 amide bonds. The number of aryl methyl sites for hydroxylation is 1. The van der Waals surface area contributed by atoms with Gasteiger partial charge in [0.25, 0.3) is 5.91 Å². The van der Waals surface area contributed by atoms with E-state index in [0.29, 0.717) is 5.69 Å². The number of nitrogens with zero attached hydrogens (tertiary/aromatic N) is 4. The van der Waals surface area contributed by atoms with Crippen molar-refractivity contribution in [2.75, 3.05) is 18.0 Å². The van der Waals surface area contributed by atoms with E-state index in [4.69, 9.17) is 0 Å². The summed E-state index contributed by atoms with van der Waals surface area (Å²) in [7, 11) is 0. The zero-order valence-corrected chi connectivity index (χ0v) is 20.5. The van der Waals surface area contributed by atoms with Gasteiger partial charge in [0.15, 0.2) is 5.65 Å². The lowest BCUT2D eigenvalue weighted by atomic mass is 10.2. The summed E-state index contributed by atoms with van der Waals surface area (Å²) in [4.78, 5) is 21.7. The molecule has 1 aliphatic rings. The van der Waals surface area contributed by atoms with Crippen molar-refractivity contribution in [2.24, 2.45) is 0 Å². The van der Waals surface area contributed by atoms with Gasteiger partial charge in [-0.05, 0) is 59.6 Å². The maximum atomic E-state index is 12.2. The topological polar surface area (TPSA) is 78.3 Å². The van der Waals surface area contributed by atoms with Crippen molar-refractivity contribution in [3.05, 3.63) is 82.6 Å². The molecule has 174 valence electrons. The Morgan fingerprint density at radius 3 is 2.61 bits per heavy atom. The molecule has 4 heterocycles. The lowest BCUT2D eigenvalue weighted by Gasteiger charge is -2.18. The number of fused-ring (bicyclic) bond motifs is 1. The van der Waals surface area contributed by atoms with Gasteiger partial charge in [-0.2, -0.15) is 0 Å². The highest BCUT2D eigenvalue weighted by atomic mass is 79.9. The van der Waals surface area contributed by atoms with Crippen molar-refractivity contribution >= 4 is 33.3 Å². The van der Waals surface area contributed by atoms with Crippen LogP contribution >= 0.6 is 15.9 Å². The molecule has 1 atom stereocenters. The standard InChI is InChI=1S/C16H17BrN6O.C6H5F.C2H6/c1-10-7-19-14-2-3-15(21-23(10)14)22-5-4-12(9-22)20-16(24)13-6-11(17)8-18-13;7-6-4-2-1-3-5-6;1-2/h2-3,6-8,12,18H,4-5,9H2,1H3,(H,20,24);1-5H;1-2H3/t12-;;/m0../s1. The first kappa shape index (κ1) is 24.4. The molecule has 3 aromatic heterocycles. The zero-order chi connectivity index (χ0) is 23.8. The van der Waals surface area contributed by atoms with Crippen LogP contribution < -0.4 is 10.2 Å². The number of halogens is 2. The molecule has 0 radical (unpaired) electrons. The van der Waals surface area contributed by atoms with Gasteiger partial charge in [0.05, 0.1) is 11.9 Å². The van der Waals surface area contributed by atoms with Crippen LogP contribution in [-0.2, 0) is 0 Å². The number of benzene rings is 1. The fourth-order valence-electron chi connectivity index (χ4n) is 3.41. The average Bonchev–Trinajstić information content (AvgIpc) is 3.57. The van der Waals surface area contributed by atoms with Gasteiger partial charge >= 0.3 is 0 Å². The number of amides is 1. The van der Waals surface area contributed by atoms with Crippen LogP contribution in [0.3, 0.4) is 0 Å². The van der Waals surface area contributed by atoms with E-state index in [-0.39, 0.29) is 17.8 Å². The minimum Gasteiger partial charge on any atom is -0.356 e. The van der Waals surface area contributed by atoms with Gasteiger partial charge in [-0.25, -0.2) is 13.9 Å². The van der Waals surface area contributed by atoms with Gasteiger partial charge in [-0.15, -0.1) is 5.10 Å². The quantitative estimate of drug-likeness (QED) is 0.403. The highest BCUT2D eigenvalue weighted by molar-refractivity contribution is 9.10. The van der Waals surface area contributed by atoms with Crippen molar-refractivity contribution in [1.29, 1.82) is 0 Å². The molecule has 9 heteroatoms. The summed E-state index contributed by atoms with van der Waals surface area (Å²) in [5.74, 6) is 0.645. The molecule has 0 aliphatic carbocycles. The van der Waals surface area contributed by atoms with Crippen LogP contribution in [0.2, 0.25) is 0 Å². The lowest BCUT2D eigenvalue weighted by molar-refractivity contribution is 0.0936. The highest BCUT2D eigenvalue weighted by Crippen LogP contribution is 2.19. The van der Waals surface area contributed by atoms with E-state index in [2.05, 4.69) is 41.2 Å². The van der Waals surface area contributed by atoms with E-state index in [1.165, 1.54) is 12.1 Å². The van der Waals surface area contributed by atoms with Crippen molar-refractivity contribution in [2.45, 2.75) is 33.2 Å². The Bertz CT molecular complexity index is 1180. The summed E-state index contributed by atoms with van der Waals surface area (Å²) < 4.78 is 14.6. The molecule has 33 heavy (non-hydrogen) atoms. The Morgan fingerprint density at radius 1 is 1.21 bits per heavy atom. The molecule has 7 nitrogen and oxygen atoms in total. The first-order valence-electron chi connectivity index (χ1n) is 10.9. The van der Waals surface area contributed by atoms with Crippen molar-refractivity contribution < 1.29 is 9.18 Å². The fourth-order valence-corrected chi connectivity index (χ4v) is 3.75. The summed E-state index contributed by atoms with van der Waals surface area (Å²) in [5.41, 5.74) is 2.42. The largest absolute Gasteiger partial charge is 0.356 e. The monoisotopic (exact) mass is 514 g/mol. The molecule has 1 fully saturated rings. The Hall–Kier alpha value is -3.20. The third kappa shape index (κ3) is 6.41. The number of imidazole rings is 1. The van der Waals surface area contributed by atoms with Crippen LogP contribution in [0.5, 0.6) is 0 Å². The molecular formula is C24H28BrFN6O. The second-order valence-electron chi connectivity index (χ2n) is 7.29. The van der Waals surface area contributed by atoms with E-state index < -0.39 is 0 Å². The van der Waals surface area contributed by atoms with E-state index in [0.717, 1.165) is 41.1 Å². The van der Waals surface area contributed by atoms with Crippen molar-refractivity contribution in [3.63, 3.8) is 0 Å². The predicted octanol–water partition coefficient (Wildman–Crippen LogP) is 4.99. The number of hydrogen-bond donors (Lipinski definition) is 2. The first-order valence-corrected chi connectivity index (χ1v) is 11.7. The minimum absolute atomic E-state index is 0.0820. The van der Waals surface area contributed by atoms with Gasteiger partial charge < -0.3 is 15.2 Å². The summed E-state index contributed by atoms with van der Waals surface area (Å²) in [5, 5.41) is 7.72. The Kier molecular flexibility index (Phi) is 8.59. The van der Waals surface area contributed by atoms with Gasteiger partial charge in [-0.1, -0.05) is 32.0 Å². The highest BCUT2D eigenvalue weighted by Gasteiger charge is 2.26. The van der Waals surface area contributed by atoms with Crippen LogP contribution in [0.4, 0.5) is 10.2 Å². The van der Waals surface area contributed by atoms with Crippen LogP contribution in [-0.4, -0.2) is 44.6 Å². The second kappa shape index (κ2) is 11.6. The summed E-state index contributed by atoms with van der Waals surface area (Å²) in [6.07, 6.45) is 4.46. The molecule has 0 unspecified atom stereocenters. The smallest absolute Gasteiger partial charge is 0.268 e. The van der Waals surface area contributed by atoms with Crippen molar-refractivity contribution in [3.8, 4) is 0 Å². The maximum absolute atomic E-state index is 12.2. The molecule has 0 bridgehead atoms. The molecule has 0 saturated carbocycles. The van der Waals surface area contributed by atoms with Gasteiger partial charge in [0.1, 0.15) is 17.3 Å². The Labute approximate surface area is 201 Å². The number of carbonyl (C=O) groups excluding carboxylic acids is 1. The van der Waals surface area contributed by atoms with Crippen LogP contribution in [0.25, 0.3) is 5.65 Å². The third-order valence-corrected chi connectivity index (χ3v) is 5.45. The molecule has 1 saturated heterocycles. The Balaban J connectivity index is 0.000000289. The van der Waals surface area contributed by atoms with Crippen LogP contribution in [0, 0.1) is 12.7 Å². The summed E-state index contributed by atoms with van der Waals surface area (Å²) in [6.45, 7) is 7.60. The number of hydrogen-bond acceptors (Lipinski definition) is 4. The third-order valence-electron chi connectivity index (χ3n) is 4.99. The van der Waals surface area contributed by atoms with Crippen molar-refractivity contribution in [1.82, 2.24) is 24.9 Å². The van der Waals surface area contributed by atoms with E-state index in [1.807, 2.05) is 43.6 Å². The molecule has 0 spiro atoms. The molecule has 5 rings (SSSR count). The SMILES string of the molecule is CC.Cc1cnc2ccc(N3CC[C@H](NC(=O)c4cc(Br)c[nH]4)C3)nn12.Fc1ccccc1. The minimum atomic E-state index is -0.178. The van der Waals surface area contributed by atoms with E-state index in [9.17, 15) is 9.18 Å². The van der Waals surface area contributed by atoms with Gasteiger partial charge in [-0.3, -0.25) is 4.79 Å². The molecule has 2 N–H and O–H groups in total. The molecule has 4 aromatic rings. The fraction of sp³-hybridized carbons (Fsp3) is 0.292. The van der Waals surface area contributed by atoms with Gasteiger partial charge in [0, 0.05) is 29.8 Å². The molecular weight excluding hydrogens is 487 g/mol. The number of nitrogens with one attached hydrogen (secondary N) is 2. The van der Waals surface area contributed by atoms with Crippen LogP contribution in [0.1, 0.15) is 36.5 Å². The lowest BCUT2D eigenvalue weighted by Crippen LogP contribution is -2.37. The van der Waals surface area contributed by atoms with Crippen LogP contribution in [0.15, 0.2) is 65.4 Å². The van der Waals surface area contributed by atoms with E-state index >= 15 is 0 Å². The van der Waals surface area contributed by atoms with Gasteiger partial charge in [0.2, 0.25) is 0 Å². The summed E-state index contributed by atoms with van der Waals surface area (Å²) in [6, 6.07) is 13.8. The number of aromatic amines is 1. The summed E-state index contributed by atoms with van der Waals surface area (Å²) >= 11 is 3.34. The molecule has 1 aliphatic heterocycles. The second-order valence-corrected chi connectivity index (χ2v) is 8.21. The van der Waals surface area contributed by atoms with E-state index in [1.54, 1.807) is 30.5 Å². The number of anilines is 1. The first-order chi connectivity index (χ1) is 16.0. The predicted molar refractivity (Wildman–Crippen MR) is 132 cm³/mol. The number of H-pyrrole nitrogens is 1. The number of rotatable bonds is 3. The normalized spacial score (nSPS) is 14.8. The zero-order valence-electron chi connectivity index (χ0n) is 18.9. The number of carbonyl (C=O) groups is 1. The maximum Gasteiger partial charge on any atom is 0.268 e.